The van der Waals surface area contributed by atoms with E-state index in [2.05, 4.69) is 29.5 Å². The Morgan fingerprint density at radius 3 is 2.78 bits per heavy atom. The van der Waals surface area contributed by atoms with Crippen LogP contribution >= 0.6 is 0 Å². The van der Waals surface area contributed by atoms with E-state index in [4.69, 9.17) is 4.74 Å². The molecule has 0 aromatic carbocycles. The van der Waals surface area contributed by atoms with Gasteiger partial charge in [-0.15, -0.1) is 5.10 Å². The van der Waals surface area contributed by atoms with E-state index < -0.39 is 0 Å². The van der Waals surface area contributed by atoms with Gasteiger partial charge in [0.25, 0.3) is 0 Å². The normalized spacial score (nSPS) is 13.2. The lowest BCUT2D eigenvalue weighted by Gasteiger charge is -2.18. The largest absolute Gasteiger partial charge is 0.383 e. The van der Waals surface area contributed by atoms with E-state index in [0.29, 0.717) is 11.8 Å². The summed E-state index contributed by atoms with van der Waals surface area (Å²) in [6, 6.07) is 0. The van der Waals surface area contributed by atoms with Crippen LogP contribution in [0.25, 0.3) is 0 Å². The van der Waals surface area contributed by atoms with E-state index in [1.165, 1.54) is 6.42 Å². The van der Waals surface area contributed by atoms with Gasteiger partial charge in [-0.3, -0.25) is 4.68 Å². The van der Waals surface area contributed by atoms with Crippen molar-refractivity contribution in [2.45, 2.75) is 26.7 Å². The van der Waals surface area contributed by atoms with Crippen molar-refractivity contribution < 1.29 is 4.74 Å². The first-order valence-electron chi connectivity index (χ1n) is 6.66. The predicted octanol–water partition coefficient (Wildman–Crippen LogP) is 1.26. The van der Waals surface area contributed by atoms with Crippen LogP contribution in [0.5, 0.6) is 0 Å². The molecular weight excluding hydrogens is 228 g/mol. The Morgan fingerprint density at radius 1 is 1.44 bits per heavy atom. The van der Waals surface area contributed by atoms with Crippen LogP contribution in [0.2, 0.25) is 0 Å². The van der Waals surface area contributed by atoms with Crippen molar-refractivity contribution >= 4 is 0 Å². The molecule has 1 aromatic heterocycles. The molecule has 0 aliphatic heterocycles. The molecule has 0 saturated heterocycles. The van der Waals surface area contributed by atoms with Crippen LogP contribution in [0.15, 0.2) is 6.20 Å². The van der Waals surface area contributed by atoms with Gasteiger partial charge in [0.05, 0.1) is 12.3 Å². The zero-order chi connectivity index (χ0) is 13.4. The van der Waals surface area contributed by atoms with Crippen molar-refractivity contribution in [2.24, 2.45) is 18.9 Å². The zero-order valence-corrected chi connectivity index (χ0v) is 12.0. The minimum atomic E-state index is 0.610. The molecule has 0 bridgehead atoms. The lowest BCUT2D eigenvalue weighted by atomic mass is 9.93. The third-order valence-electron chi connectivity index (χ3n) is 2.87. The van der Waals surface area contributed by atoms with E-state index in [9.17, 15) is 0 Å². The third kappa shape index (κ3) is 6.12. The molecule has 18 heavy (non-hydrogen) atoms. The molecule has 1 atom stereocenters. The first kappa shape index (κ1) is 15.1. The Kier molecular flexibility index (Phi) is 6.90. The van der Waals surface area contributed by atoms with Crippen molar-refractivity contribution in [1.29, 1.82) is 0 Å². The fourth-order valence-corrected chi connectivity index (χ4v) is 2.17. The van der Waals surface area contributed by atoms with Gasteiger partial charge in [0.2, 0.25) is 0 Å². The van der Waals surface area contributed by atoms with Crippen molar-refractivity contribution in [3.8, 4) is 0 Å². The third-order valence-corrected chi connectivity index (χ3v) is 2.87. The Bertz CT molecular complexity index is 325. The molecule has 1 heterocycles. The molecule has 1 N–H and O–H groups in total. The fourth-order valence-electron chi connectivity index (χ4n) is 2.17. The minimum Gasteiger partial charge on any atom is -0.383 e. The van der Waals surface area contributed by atoms with Crippen LogP contribution in [0.3, 0.4) is 0 Å². The smallest absolute Gasteiger partial charge is 0.0830 e. The Labute approximate surface area is 110 Å². The number of aromatic nitrogens is 3. The summed E-state index contributed by atoms with van der Waals surface area (Å²) in [6.45, 7) is 7.21. The SMILES string of the molecule is COCCNCC(Cc1cn(C)nn1)CC(C)C. The van der Waals surface area contributed by atoms with Crippen molar-refractivity contribution in [3.63, 3.8) is 0 Å². The molecule has 1 aromatic rings. The monoisotopic (exact) mass is 254 g/mol. The first-order chi connectivity index (χ1) is 8.61. The van der Waals surface area contributed by atoms with Crippen LogP contribution in [-0.4, -0.2) is 41.8 Å². The molecule has 0 radical (unpaired) electrons. The summed E-state index contributed by atoms with van der Waals surface area (Å²) in [4.78, 5) is 0. The number of rotatable bonds is 9. The molecule has 0 aliphatic carbocycles. The van der Waals surface area contributed by atoms with E-state index in [0.717, 1.165) is 31.8 Å². The Hall–Kier alpha value is -0.940. The van der Waals surface area contributed by atoms with Gasteiger partial charge in [-0.1, -0.05) is 19.1 Å². The van der Waals surface area contributed by atoms with Gasteiger partial charge in [-0.2, -0.15) is 0 Å². The lowest BCUT2D eigenvalue weighted by molar-refractivity contribution is 0.197. The van der Waals surface area contributed by atoms with Crippen LogP contribution in [0, 0.1) is 11.8 Å². The second-order valence-corrected chi connectivity index (χ2v) is 5.28. The quantitative estimate of drug-likeness (QED) is 0.674. The second-order valence-electron chi connectivity index (χ2n) is 5.28. The van der Waals surface area contributed by atoms with Crippen LogP contribution in [-0.2, 0) is 18.2 Å². The minimum absolute atomic E-state index is 0.610. The van der Waals surface area contributed by atoms with Gasteiger partial charge in [-0.05, 0) is 31.2 Å². The summed E-state index contributed by atoms with van der Waals surface area (Å²) in [5.74, 6) is 1.31. The predicted molar refractivity (Wildman–Crippen MR) is 72.4 cm³/mol. The van der Waals surface area contributed by atoms with E-state index in [1.807, 2.05) is 13.2 Å². The highest BCUT2D eigenvalue weighted by Gasteiger charge is 2.13. The number of nitrogens with zero attached hydrogens (tertiary/aromatic N) is 3. The van der Waals surface area contributed by atoms with Crippen LogP contribution < -0.4 is 5.32 Å². The molecule has 5 nitrogen and oxygen atoms in total. The number of methoxy groups -OCH3 is 1. The van der Waals surface area contributed by atoms with Gasteiger partial charge in [0.1, 0.15) is 0 Å². The average Bonchev–Trinajstić information content (AvgIpc) is 2.69. The second kappa shape index (κ2) is 8.21. The Morgan fingerprint density at radius 2 is 2.22 bits per heavy atom. The summed E-state index contributed by atoms with van der Waals surface area (Å²) in [5.41, 5.74) is 1.08. The lowest BCUT2D eigenvalue weighted by Crippen LogP contribution is -2.28. The van der Waals surface area contributed by atoms with Gasteiger partial charge in [0.15, 0.2) is 0 Å². The summed E-state index contributed by atoms with van der Waals surface area (Å²) in [5, 5.41) is 11.6. The molecule has 0 fully saturated rings. The topological polar surface area (TPSA) is 52.0 Å². The Balaban J connectivity index is 2.39. The van der Waals surface area contributed by atoms with Crippen molar-refractivity contribution in [3.05, 3.63) is 11.9 Å². The molecule has 1 rings (SSSR count). The summed E-state index contributed by atoms with van der Waals surface area (Å²) in [6.07, 6.45) is 4.20. The van der Waals surface area contributed by atoms with E-state index in [1.54, 1.807) is 11.8 Å². The highest BCUT2D eigenvalue weighted by Crippen LogP contribution is 2.15. The summed E-state index contributed by atoms with van der Waals surface area (Å²) >= 11 is 0. The van der Waals surface area contributed by atoms with E-state index in [-0.39, 0.29) is 0 Å². The fraction of sp³-hybridized carbons (Fsp3) is 0.846. The first-order valence-corrected chi connectivity index (χ1v) is 6.66. The number of aryl methyl sites for hydroxylation is 1. The number of hydrogen-bond donors (Lipinski definition) is 1. The van der Waals surface area contributed by atoms with Crippen LogP contribution in [0.1, 0.15) is 26.0 Å². The maximum atomic E-state index is 5.04. The number of nitrogens with one attached hydrogen (secondary N) is 1. The molecule has 104 valence electrons. The average molecular weight is 254 g/mol. The highest BCUT2D eigenvalue weighted by molar-refractivity contribution is 4.94. The molecule has 0 amide bonds. The molecule has 5 heteroatoms. The zero-order valence-electron chi connectivity index (χ0n) is 12.0. The molecule has 0 spiro atoms. The van der Waals surface area contributed by atoms with Gasteiger partial charge < -0.3 is 10.1 Å². The van der Waals surface area contributed by atoms with E-state index >= 15 is 0 Å². The summed E-state index contributed by atoms with van der Waals surface area (Å²) < 4.78 is 6.80. The number of ether oxygens (including phenoxy) is 1. The summed E-state index contributed by atoms with van der Waals surface area (Å²) in [7, 11) is 3.64. The van der Waals surface area contributed by atoms with Gasteiger partial charge in [-0.25, -0.2) is 0 Å². The molecule has 1 unspecified atom stereocenters. The highest BCUT2D eigenvalue weighted by atomic mass is 16.5. The van der Waals surface area contributed by atoms with Gasteiger partial charge in [0, 0.05) is 26.9 Å². The van der Waals surface area contributed by atoms with Crippen molar-refractivity contribution in [2.75, 3.05) is 26.8 Å². The molecule has 0 aliphatic rings. The van der Waals surface area contributed by atoms with Crippen molar-refractivity contribution in [1.82, 2.24) is 20.3 Å². The molecular formula is C13H26N4O. The standard InChI is InChI=1S/C13H26N4O/c1-11(2)7-12(9-14-5-6-18-4)8-13-10-17(3)16-15-13/h10-12,14H,5-9H2,1-4H3. The maximum absolute atomic E-state index is 5.04. The number of hydrogen-bond acceptors (Lipinski definition) is 4. The van der Waals surface area contributed by atoms with Gasteiger partial charge >= 0.3 is 0 Å². The molecule has 0 saturated carbocycles. The van der Waals surface area contributed by atoms with Crippen LogP contribution in [0.4, 0.5) is 0 Å². The maximum Gasteiger partial charge on any atom is 0.0830 e.